The summed E-state index contributed by atoms with van der Waals surface area (Å²) in [7, 11) is 0. The predicted octanol–water partition coefficient (Wildman–Crippen LogP) is 4.89. The first-order chi connectivity index (χ1) is 13.6. The van der Waals surface area contributed by atoms with Gasteiger partial charge < -0.3 is 0 Å². The van der Waals surface area contributed by atoms with Crippen molar-refractivity contribution >= 4 is 17.3 Å². The lowest BCUT2D eigenvalue weighted by atomic mass is 9.94. The minimum absolute atomic E-state index is 0.607. The average molecular weight is 397 g/mol. The van der Waals surface area contributed by atoms with Crippen molar-refractivity contribution in [3.63, 3.8) is 0 Å². The van der Waals surface area contributed by atoms with Gasteiger partial charge in [-0.05, 0) is 72.5 Å². The number of aryl methyl sites for hydroxylation is 2. The van der Waals surface area contributed by atoms with Crippen LogP contribution in [0, 0.1) is 18.8 Å². The van der Waals surface area contributed by atoms with Gasteiger partial charge in [0.2, 0.25) is 0 Å². The number of anilines is 1. The number of para-hydroxylation sites is 1. The van der Waals surface area contributed by atoms with E-state index in [1.54, 1.807) is 28.9 Å². The van der Waals surface area contributed by atoms with Gasteiger partial charge in [0.25, 0.3) is 0 Å². The summed E-state index contributed by atoms with van der Waals surface area (Å²) in [5.74, 6) is 0.636. The molecule has 0 amide bonds. The van der Waals surface area contributed by atoms with Gasteiger partial charge in [-0.2, -0.15) is 4.68 Å². The molecule has 4 rings (SSSR count). The molecule has 144 valence electrons. The lowest BCUT2D eigenvalue weighted by Crippen LogP contribution is -2.43. The van der Waals surface area contributed by atoms with E-state index in [1.165, 1.54) is 5.01 Å². The van der Waals surface area contributed by atoms with Gasteiger partial charge in [-0.25, -0.2) is 5.01 Å². The molecular formula is C20H21ClN6O. The number of aromatic nitrogens is 4. The van der Waals surface area contributed by atoms with Gasteiger partial charge in [-0.3, -0.25) is 0 Å². The van der Waals surface area contributed by atoms with E-state index in [1.807, 2.05) is 32.0 Å². The second kappa shape index (κ2) is 7.31. The van der Waals surface area contributed by atoms with Crippen molar-refractivity contribution in [2.75, 3.05) is 5.01 Å². The lowest BCUT2D eigenvalue weighted by molar-refractivity contribution is 0.380. The summed E-state index contributed by atoms with van der Waals surface area (Å²) < 4.78 is 1.77. The van der Waals surface area contributed by atoms with E-state index in [9.17, 15) is 4.91 Å². The Kier molecular flexibility index (Phi) is 4.85. The Labute approximate surface area is 168 Å². The summed E-state index contributed by atoms with van der Waals surface area (Å²) in [5, 5.41) is 18.2. The van der Waals surface area contributed by atoms with Crippen molar-refractivity contribution < 1.29 is 0 Å². The number of benzene rings is 2. The fourth-order valence-electron chi connectivity index (χ4n) is 4.21. The van der Waals surface area contributed by atoms with Gasteiger partial charge in [0.1, 0.15) is 5.54 Å². The minimum atomic E-state index is -0.701. The van der Waals surface area contributed by atoms with Crippen LogP contribution in [0.25, 0.3) is 5.69 Å². The third-order valence-electron chi connectivity index (χ3n) is 5.53. The maximum absolute atomic E-state index is 12.0. The maximum Gasteiger partial charge on any atom is 0.184 e. The van der Waals surface area contributed by atoms with Crippen LogP contribution in [0.15, 0.2) is 47.8 Å². The molecule has 1 heterocycles. The molecule has 28 heavy (non-hydrogen) atoms. The highest BCUT2D eigenvalue weighted by molar-refractivity contribution is 6.30. The number of nitrogens with zero attached hydrogens (tertiary/aromatic N) is 6. The van der Waals surface area contributed by atoms with E-state index >= 15 is 0 Å². The van der Waals surface area contributed by atoms with Crippen LogP contribution in [0.3, 0.4) is 0 Å². The molecule has 2 aromatic carbocycles. The van der Waals surface area contributed by atoms with Gasteiger partial charge in [-0.15, -0.1) is 10.0 Å². The van der Waals surface area contributed by atoms with Crippen LogP contribution in [0.5, 0.6) is 0 Å². The summed E-state index contributed by atoms with van der Waals surface area (Å²) >= 11 is 6.03. The van der Waals surface area contributed by atoms with Crippen molar-refractivity contribution in [1.29, 1.82) is 0 Å². The quantitative estimate of drug-likeness (QED) is 0.453. The van der Waals surface area contributed by atoms with E-state index < -0.39 is 5.54 Å². The smallest absolute Gasteiger partial charge is 0.184 e. The number of rotatable bonds is 5. The standard InChI is InChI=1S/C20H21ClN6O/c1-14-6-5-7-15(2)18(14)26-19(22-23-24-26)20(12-3-4-13-20)27(25-28)17-10-8-16(21)9-11-17/h5-11H,3-4,12-13H2,1-2H3. The molecule has 8 heteroatoms. The summed E-state index contributed by atoms with van der Waals surface area (Å²) in [4.78, 5) is 12.0. The highest BCUT2D eigenvalue weighted by atomic mass is 35.5. The SMILES string of the molecule is Cc1cccc(C)c1-n1nnnc1C1(N(N=O)c2ccc(Cl)cc2)CCCC1. The molecule has 0 aliphatic heterocycles. The first kappa shape index (κ1) is 18.6. The second-order valence-electron chi connectivity index (χ2n) is 7.26. The minimum Gasteiger partial charge on any atom is -0.215 e. The number of hydrogen-bond donors (Lipinski definition) is 0. The number of nitroso groups, excluding NO2 is 1. The van der Waals surface area contributed by atoms with Gasteiger partial charge in [0.05, 0.1) is 16.7 Å². The Morgan fingerprint density at radius 2 is 1.71 bits per heavy atom. The summed E-state index contributed by atoms with van der Waals surface area (Å²) in [5.41, 5.74) is 3.05. The molecule has 7 nitrogen and oxygen atoms in total. The average Bonchev–Trinajstić information content (AvgIpc) is 3.34. The molecule has 0 unspecified atom stereocenters. The molecule has 0 bridgehead atoms. The summed E-state index contributed by atoms with van der Waals surface area (Å²) in [6, 6.07) is 13.2. The third kappa shape index (κ3) is 2.96. The molecule has 0 radical (unpaired) electrons. The second-order valence-corrected chi connectivity index (χ2v) is 7.70. The van der Waals surface area contributed by atoms with Crippen molar-refractivity contribution in [2.45, 2.75) is 45.1 Å². The molecule has 1 aromatic heterocycles. The first-order valence-corrected chi connectivity index (χ1v) is 9.69. The van der Waals surface area contributed by atoms with Crippen molar-refractivity contribution in [1.82, 2.24) is 20.2 Å². The van der Waals surface area contributed by atoms with Crippen molar-refractivity contribution in [3.05, 3.63) is 69.3 Å². The van der Waals surface area contributed by atoms with Crippen LogP contribution in [0.4, 0.5) is 5.69 Å². The molecule has 0 N–H and O–H groups in total. The number of hydrogen-bond acceptors (Lipinski definition) is 5. The Bertz CT molecular complexity index is 974. The van der Waals surface area contributed by atoms with Gasteiger partial charge in [0, 0.05) is 5.02 Å². The van der Waals surface area contributed by atoms with Crippen LogP contribution in [-0.2, 0) is 5.54 Å². The van der Waals surface area contributed by atoms with E-state index in [-0.39, 0.29) is 0 Å². The predicted molar refractivity (Wildman–Crippen MR) is 109 cm³/mol. The largest absolute Gasteiger partial charge is 0.215 e. The van der Waals surface area contributed by atoms with Gasteiger partial charge >= 0.3 is 0 Å². The van der Waals surface area contributed by atoms with E-state index in [2.05, 4.69) is 20.8 Å². The summed E-state index contributed by atoms with van der Waals surface area (Å²) in [6.07, 6.45) is 3.43. The molecule has 1 aliphatic carbocycles. The molecule has 3 aromatic rings. The molecule has 0 saturated heterocycles. The zero-order valence-electron chi connectivity index (χ0n) is 15.8. The van der Waals surface area contributed by atoms with Crippen LogP contribution in [-0.4, -0.2) is 20.2 Å². The van der Waals surface area contributed by atoms with Crippen molar-refractivity contribution in [2.24, 2.45) is 5.29 Å². The van der Waals surface area contributed by atoms with E-state index in [0.29, 0.717) is 16.5 Å². The first-order valence-electron chi connectivity index (χ1n) is 9.31. The third-order valence-corrected chi connectivity index (χ3v) is 5.78. The molecule has 0 spiro atoms. The van der Waals surface area contributed by atoms with Gasteiger partial charge in [-0.1, -0.05) is 42.6 Å². The summed E-state index contributed by atoms with van der Waals surface area (Å²) in [6.45, 7) is 4.06. The van der Waals surface area contributed by atoms with Crippen LogP contribution in [0.1, 0.15) is 42.6 Å². The van der Waals surface area contributed by atoms with Gasteiger partial charge in [0.15, 0.2) is 5.82 Å². The highest BCUT2D eigenvalue weighted by Crippen LogP contribution is 2.46. The number of halogens is 1. The van der Waals surface area contributed by atoms with E-state index in [0.717, 1.165) is 42.5 Å². The molecule has 1 fully saturated rings. The Balaban J connectivity index is 1.89. The normalized spacial score (nSPS) is 15.5. The van der Waals surface area contributed by atoms with Crippen LogP contribution >= 0.6 is 11.6 Å². The van der Waals surface area contributed by atoms with Crippen LogP contribution < -0.4 is 5.01 Å². The highest BCUT2D eigenvalue weighted by Gasteiger charge is 2.47. The van der Waals surface area contributed by atoms with Crippen molar-refractivity contribution in [3.8, 4) is 5.69 Å². The molecule has 1 saturated carbocycles. The molecular weight excluding hydrogens is 376 g/mol. The number of tetrazole rings is 1. The fourth-order valence-corrected chi connectivity index (χ4v) is 4.34. The molecule has 1 aliphatic rings. The van der Waals surface area contributed by atoms with E-state index in [4.69, 9.17) is 11.6 Å². The Morgan fingerprint density at radius 1 is 1.07 bits per heavy atom. The zero-order chi connectivity index (χ0) is 19.7. The Hall–Kier alpha value is -2.80. The lowest BCUT2D eigenvalue weighted by Gasteiger charge is -2.35. The Morgan fingerprint density at radius 3 is 2.32 bits per heavy atom. The molecule has 0 atom stereocenters. The zero-order valence-corrected chi connectivity index (χ0v) is 16.6. The monoisotopic (exact) mass is 396 g/mol. The topological polar surface area (TPSA) is 76.3 Å². The van der Waals surface area contributed by atoms with Crippen LogP contribution in [0.2, 0.25) is 5.02 Å². The fraction of sp³-hybridized carbons (Fsp3) is 0.350. The maximum atomic E-state index is 12.0.